The highest BCUT2D eigenvalue weighted by Crippen LogP contribution is 2.26. The number of likely N-dealkylation sites (tertiary alicyclic amines) is 1. The molecule has 2 heterocycles. The fourth-order valence-corrected chi connectivity index (χ4v) is 4.74. The van der Waals surface area contributed by atoms with Crippen molar-refractivity contribution in [3.8, 4) is 5.75 Å². The van der Waals surface area contributed by atoms with E-state index in [2.05, 4.69) is 76.7 Å². The zero-order chi connectivity index (χ0) is 23.8. The van der Waals surface area contributed by atoms with Crippen LogP contribution in [0.15, 0.2) is 67.0 Å². The summed E-state index contributed by atoms with van der Waals surface area (Å²) in [7, 11) is 4.11. The molecule has 0 spiro atoms. The smallest absolute Gasteiger partial charge is 0.224 e. The molecule has 0 bridgehead atoms. The molecule has 1 amide bonds. The van der Waals surface area contributed by atoms with E-state index in [-0.39, 0.29) is 17.7 Å². The molecule has 1 aliphatic heterocycles. The average molecular weight is 461 g/mol. The molecule has 6 heteroatoms. The van der Waals surface area contributed by atoms with Gasteiger partial charge >= 0.3 is 0 Å². The number of benzene rings is 2. The maximum atomic E-state index is 13.0. The minimum absolute atomic E-state index is 0.0314. The van der Waals surface area contributed by atoms with E-state index in [1.807, 2.05) is 12.1 Å². The van der Waals surface area contributed by atoms with Gasteiger partial charge in [-0.15, -0.1) is 0 Å². The Hall–Kier alpha value is -2.96. The van der Waals surface area contributed by atoms with Gasteiger partial charge in [0.05, 0.1) is 18.7 Å². The summed E-state index contributed by atoms with van der Waals surface area (Å²) in [5.74, 6) is 1.19. The highest BCUT2D eigenvalue weighted by atomic mass is 16.5. The number of hydrogen-bond acceptors (Lipinski definition) is 5. The number of amides is 1. The van der Waals surface area contributed by atoms with E-state index in [9.17, 15) is 4.79 Å². The number of rotatable bonds is 10. The molecule has 6 nitrogen and oxygen atoms in total. The second kappa shape index (κ2) is 12.0. The summed E-state index contributed by atoms with van der Waals surface area (Å²) in [6, 6.07) is 18.9. The standard InChI is InChI=1S/C28H36N4O2/c1-31(2)14-6-13-30-28(33)26-16-23(21-34-27-9-5-12-29-17-27)19-32(20-26)18-22-10-11-24-7-3-4-8-25(24)15-22/h3-5,7-12,15,17,23,26H,6,13-14,16,18-21H2,1-2H3,(H,30,33)/t23-,26+/m0/s1. The number of nitrogens with zero attached hydrogens (tertiary/aromatic N) is 3. The lowest BCUT2D eigenvalue weighted by Gasteiger charge is -2.37. The molecule has 1 N–H and O–H groups in total. The maximum Gasteiger partial charge on any atom is 0.224 e. The second-order valence-electron chi connectivity index (χ2n) is 9.62. The number of hydrogen-bond donors (Lipinski definition) is 1. The number of ether oxygens (including phenoxy) is 1. The van der Waals surface area contributed by atoms with Crippen molar-refractivity contribution in [3.05, 3.63) is 72.6 Å². The Kier molecular flexibility index (Phi) is 8.50. The van der Waals surface area contributed by atoms with Crippen LogP contribution in [0.2, 0.25) is 0 Å². The van der Waals surface area contributed by atoms with E-state index < -0.39 is 0 Å². The molecule has 180 valence electrons. The van der Waals surface area contributed by atoms with Gasteiger partial charge in [0.2, 0.25) is 5.91 Å². The zero-order valence-electron chi connectivity index (χ0n) is 20.3. The molecule has 0 radical (unpaired) electrons. The van der Waals surface area contributed by atoms with Gasteiger partial charge in [-0.2, -0.15) is 0 Å². The number of pyridine rings is 1. The Labute approximate surface area is 202 Å². The first-order chi connectivity index (χ1) is 16.6. The topological polar surface area (TPSA) is 57.7 Å². The van der Waals surface area contributed by atoms with Crippen LogP contribution in [0.5, 0.6) is 5.75 Å². The van der Waals surface area contributed by atoms with Gasteiger partial charge in [-0.3, -0.25) is 14.7 Å². The van der Waals surface area contributed by atoms with Crippen LogP contribution >= 0.6 is 0 Å². The summed E-state index contributed by atoms with van der Waals surface area (Å²) in [5.41, 5.74) is 1.28. The van der Waals surface area contributed by atoms with Crippen molar-refractivity contribution in [2.75, 3.05) is 46.9 Å². The summed E-state index contributed by atoms with van der Waals surface area (Å²) in [4.78, 5) is 21.7. The van der Waals surface area contributed by atoms with Crippen molar-refractivity contribution in [2.45, 2.75) is 19.4 Å². The van der Waals surface area contributed by atoms with Crippen molar-refractivity contribution >= 4 is 16.7 Å². The van der Waals surface area contributed by atoms with Gasteiger partial charge in [0, 0.05) is 38.3 Å². The fraction of sp³-hybridized carbons (Fsp3) is 0.429. The molecule has 2 aromatic carbocycles. The fourth-order valence-electron chi connectivity index (χ4n) is 4.74. The van der Waals surface area contributed by atoms with Crippen LogP contribution < -0.4 is 10.1 Å². The van der Waals surface area contributed by atoms with Crippen LogP contribution in [0.3, 0.4) is 0 Å². The van der Waals surface area contributed by atoms with E-state index >= 15 is 0 Å². The Morgan fingerprint density at radius 1 is 1.12 bits per heavy atom. The number of carbonyl (C=O) groups excluding carboxylic acids is 1. The number of piperidine rings is 1. The van der Waals surface area contributed by atoms with Gasteiger partial charge in [0.1, 0.15) is 5.75 Å². The lowest BCUT2D eigenvalue weighted by molar-refractivity contribution is -0.127. The van der Waals surface area contributed by atoms with Crippen LogP contribution in [0.25, 0.3) is 10.8 Å². The van der Waals surface area contributed by atoms with Crippen molar-refractivity contribution in [2.24, 2.45) is 11.8 Å². The quantitative estimate of drug-likeness (QED) is 0.466. The van der Waals surface area contributed by atoms with Gasteiger partial charge < -0.3 is 15.0 Å². The molecule has 1 fully saturated rings. The van der Waals surface area contributed by atoms with Crippen molar-refractivity contribution in [1.82, 2.24) is 20.1 Å². The Morgan fingerprint density at radius 2 is 1.97 bits per heavy atom. The molecule has 3 aromatic rings. The minimum atomic E-state index is -0.0314. The summed E-state index contributed by atoms with van der Waals surface area (Å²) < 4.78 is 6.03. The molecule has 0 aliphatic carbocycles. The van der Waals surface area contributed by atoms with E-state index in [0.717, 1.165) is 51.3 Å². The first-order valence-corrected chi connectivity index (χ1v) is 12.2. The van der Waals surface area contributed by atoms with E-state index in [0.29, 0.717) is 6.61 Å². The number of carbonyl (C=O) groups is 1. The number of nitrogens with one attached hydrogen (secondary N) is 1. The molecule has 34 heavy (non-hydrogen) atoms. The third-order valence-electron chi connectivity index (χ3n) is 6.41. The van der Waals surface area contributed by atoms with Crippen LogP contribution in [0, 0.1) is 11.8 Å². The molecule has 0 unspecified atom stereocenters. The molecule has 1 aromatic heterocycles. The van der Waals surface area contributed by atoms with Gasteiger partial charge in [-0.25, -0.2) is 0 Å². The third-order valence-corrected chi connectivity index (χ3v) is 6.41. The minimum Gasteiger partial charge on any atom is -0.492 e. The van der Waals surface area contributed by atoms with Gasteiger partial charge in [0.25, 0.3) is 0 Å². The van der Waals surface area contributed by atoms with Crippen LogP contribution in [0.4, 0.5) is 0 Å². The Morgan fingerprint density at radius 3 is 2.76 bits per heavy atom. The van der Waals surface area contributed by atoms with Gasteiger partial charge in [-0.05, 0) is 68.0 Å². The Balaban J connectivity index is 1.41. The zero-order valence-corrected chi connectivity index (χ0v) is 20.3. The van der Waals surface area contributed by atoms with Gasteiger partial charge in [-0.1, -0.05) is 36.4 Å². The number of fused-ring (bicyclic) bond motifs is 1. The monoisotopic (exact) mass is 460 g/mol. The lowest BCUT2D eigenvalue weighted by Crippen LogP contribution is -2.47. The summed E-state index contributed by atoms with van der Waals surface area (Å²) in [5, 5.41) is 5.67. The SMILES string of the molecule is CN(C)CCCNC(=O)[C@@H]1C[C@H](COc2cccnc2)CN(Cc2ccc3ccccc3c2)C1. The largest absolute Gasteiger partial charge is 0.492 e. The second-order valence-corrected chi connectivity index (χ2v) is 9.62. The van der Waals surface area contributed by atoms with Gasteiger partial charge in [0.15, 0.2) is 0 Å². The first-order valence-electron chi connectivity index (χ1n) is 12.2. The predicted octanol–water partition coefficient (Wildman–Crippen LogP) is 3.82. The summed E-state index contributed by atoms with van der Waals surface area (Å²) in [6.45, 7) is 4.80. The molecule has 4 rings (SSSR count). The molecule has 1 saturated heterocycles. The summed E-state index contributed by atoms with van der Waals surface area (Å²) in [6.07, 6.45) is 5.29. The molecule has 0 saturated carbocycles. The molecule has 1 aliphatic rings. The highest BCUT2D eigenvalue weighted by molar-refractivity contribution is 5.83. The molecular formula is C28H36N4O2. The van der Waals surface area contributed by atoms with Crippen LogP contribution in [-0.4, -0.2) is 67.6 Å². The maximum absolute atomic E-state index is 13.0. The number of aromatic nitrogens is 1. The van der Waals surface area contributed by atoms with Crippen molar-refractivity contribution < 1.29 is 9.53 Å². The van der Waals surface area contributed by atoms with Crippen molar-refractivity contribution in [3.63, 3.8) is 0 Å². The lowest BCUT2D eigenvalue weighted by atomic mass is 9.88. The average Bonchev–Trinajstić information content (AvgIpc) is 2.85. The summed E-state index contributed by atoms with van der Waals surface area (Å²) >= 11 is 0. The predicted molar refractivity (Wildman–Crippen MR) is 137 cm³/mol. The molecule has 2 atom stereocenters. The van der Waals surface area contributed by atoms with Crippen molar-refractivity contribution in [1.29, 1.82) is 0 Å². The third kappa shape index (κ3) is 7.02. The first kappa shape index (κ1) is 24.2. The van der Waals surface area contributed by atoms with E-state index in [4.69, 9.17) is 4.74 Å². The van der Waals surface area contributed by atoms with E-state index in [1.165, 1.54) is 16.3 Å². The van der Waals surface area contributed by atoms with E-state index in [1.54, 1.807) is 12.4 Å². The Bertz CT molecular complexity index is 1060. The van der Waals surface area contributed by atoms with Crippen LogP contribution in [0.1, 0.15) is 18.4 Å². The normalized spacial score (nSPS) is 18.8. The highest BCUT2D eigenvalue weighted by Gasteiger charge is 2.32. The van der Waals surface area contributed by atoms with Crippen LogP contribution in [-0.2, 0) is 11.3 Å². The molecular weight excluding hydrogens is 424 g/mol.